The van der Waals surface area contributed by atoms with E-state index in [4.69, 9.17) is 11.6 Å². The van der Waals surface area contributed by atoms with Crippen molar-refractivity contribution in [2.75, 3.05) is 12.4 Å². The number of ether oxygens (including phenoxy) is 1. The van der Waals surface area contributed by atoms with Gasteiger partial charge in [0.1, 0.15) is 18.3 Å². The van der Waals surface area contributed by atoms with Crippen LogP contribution in [0, 0.1) is 11.3 Å². The van der Waals surface area contributed by atoms with Crippen LogP contribution in [0.3, 0.4) is 0 Å². The lowest BCUT2D eigenvalue weighted by atomic mass is 9.71. The van der Waals surface area contributed by atoms with Crippen LogP contribution in [-0.2, 0) is 19.2 Å². The molecule has 1 aliphatic rings. The summed E-state index contributed by atoms with van der Waals surface area (Å²) in [7, 11) is 1.31. The van der Waals surface area contributed by atoms with Gasteiger partial charge in [0, 0.05) is 5.69 Å². The van der Waals surface area contributed by atoms with Crippen LogP contribution in [0.5, 0.6) is 0 Å². The van der Waals surface area contributed by atoms with Crippen LogP contribution in [0.15, 0.2) is 58.4 Å². The molecular weight excluding hydrogens is 451 g/mol. The predicted octanol–water partition coefficient (Wildman–Crippen LogP) is 4.33. The van der Waals surface area contributed by atoms with Gasteiger partial charge >= 0.3 is 6.36 Å². The van der Waals surface area contributed by atoms with Gasteiger partial charge in [-0.1, -0.05) is 41.0 Å². The van der Waals surface area contributed by atoms with E-state index in [0.717, 1.165) is 12.2 Å². The summed E-state index contributed by atoms with van der Waals surface area (Å²) in [5.41, 5.74) is -2.55. The SMILES string of the molecule is CON=CC(C)(C)NC(=O)C1(C)C(Cl)=C(OC(F)(F)F)C=CC1C(=O)Nc1ccccc1. The highest BCUT2D eigenvalue weighted by Gasteiger charge is 2.52. The highest BCUT2D eigenvalue weighted by molar-refractivity contribution is 6.33. The first-order chi connectivity index (χ1) is 14.8. The van der Waals surface area contributed by atoms with E-state index >= 15 is 0 Å². The van der Waals surface area contributed by atoms with Gasteiger partial charge in [-0.2, -0.15) is 0 Å². The monoisotopic (exact) mass is 473 g/mol. The molecule has 0 saturated carbocycles. The summed E-state index contributed by atoms with van der Waals surface area (Å²) in [4.78, 5) is 30.9. The van der Waals surface area contributed by atoms with Gasteiger partial charge in [-0.25, -0.2) is 0 Å². The van der Waals surface area contributed by atoms with Crippen LogP contribution in [0.4, 0.5) is 18.9 Å². The zero-order valence-corrected chi connectivity index (χ0v) is 18.5. The standard InChI is InChI=1S/C21H23ClF3N3O4/c1-19(2,12-26-31-4)28-18(30)20(3)14(17(29)27-13-8-6-5-7-9-13)10-11-15(16(20)22)32-21(23,24)25/h5-12,14H,1-4H3,(H,27,29)(H,28,30). The van der Waals surface area contributed by atoms with Crippen molar-refractivity contribution >= 4 is 35.3 Å². The maximum atomic E-state index is 13.3. The molecule has 2 unspecified atom stereocenters. The number of hydrogen-bond donors (Lipinski definition) is 2. The molecule has 2 amide bonds. The molecule has 0 aliphatic heterocycles. The third-order valence-corrected chi connectivity index (χ3v) is 5.25. The van der Waals surface area contributed by atoms with Crippen molar-refractivity contribution in [1.29, 1.82) is 0 Å². The van der Waals surface area contributed by atoms with Gasteiger partial charge in [0.25, 0.3) is 0 Å². The maximum absolute atomic E-state index is 13.3. The first-order valence-electron chi connectivity index (χ1n) is 9.40. The van der Waals surface area contributed by atoms with E-state index < -0.39 is 45.8 Å². The molecule has 2 N–H and O–H groups in total. The number of hydrogen-bond acceptors (Lipinski definition) is 5. The fourth-order valence-electron chi connectivity index (χ4n) is 3.02. The predicted molar refractivity (Wildman–Crippen MR) is 114 cm³/mol. The van der Waals surface area contributed by atoms with E-state index in [-0.39, 0.29) is 0 Å². The fourth-order valence-corrected chi connectivity index (χ4v) is 3.32. The molecule has 32 heavy (non-hydrogen) atoms. The van der Waals surface area contributed by atoms with Crippen LogP contribution in [0.2, 0.25) is 0 Å². The van der Waals surface area contributed by atoms with Crippen LogP contribution in [0.1, 0.15) is 20.8 Å². The van der Waals surface area contributed by atoms with E-state index in [1.165, 1.54) is 20.2 Å². The Labute approximate surface area is 188 Å². The summed E-state index contributed by atoms with van der Waals surface area (Å²) in [6, 6.07) is 8.39. The second kappa shape index (κ2) is 9.64. The number of benzene rings is 1. The lowest BCUT2D eigenvalue weighted by Crippen LogP contribution is -2.55. The Morgan fingerprint density at radius 3 is 2.41 bits per heavy atom. The number of anilines is 1. The van der Waals surface area contributed by atoms with E-state index in [1.807, 2.05) is 0 Å². The summed E-state index contributed by atoms with van der Waals surface area (Å²) in [5.74, 6) is -3.47. The Balaban J connectivity index is 2.46. The Morgan fingerprint density at radius 2 is 1.84 bits per heavy atom. The molecule has 1 aromatic carbocycles. The number of oxime groups is 1. The molecular formula is C21H23ClF3N3O4. The lowest BCUT2D eigenvalue weighted by Gasteiger charge is -2.38. The second-order valence-electron chi connectivity index (χ2n) is 7.71. The minimum atomic E-state index is -5.04. The van der Waals surface area contributed by atoms with Crippen molar-refractivity contribution in [2.24, 2.45) is 16.5 Å². The zero-order valence-electron chi connectivity index (χ0n) is 17.8. The molecule has 0 saturated heterocycles. The third-order valence-electron chi connectivity index (χ3n) is 4.67. The van der Waals surface area contributed by atoms with Crippen molar-refractivity contribution in [3.8, 4) is 0 Å². The molecule has 0 aromatic heterocycles. The van der Waals surface area contributed by atoms with E-state index in [2.05, 4.69) is 25.4 Å². The molecule has 0 heterocycles. The molecule has 0 bridgehead atoms. The van der Waals surface area contributed by atoms with E-state index in [9.17, 15) is 22.8 Å². The Kier molecular flexibility index (Phi) is 7.61. The summed E-state index contributed by atoms with van der Waals surface area (Å²) < 4.78 is 42.6. The van der Waals surface area contributed by atoms with Gasteiger partial charge in [0.05, 0.1) is 22.7 Å². The molecule has 7 nitrogen and oxygen atoms in total. The lowest BCUT2D eigenvalue weighted by molar-refractivity contribution is -0.304. The van der Waals surface area contributed by atoms with Crippen molar-refractivity contribution < 1.29 is 32.3 Å². The molecule has 0 radical (unpaired) electrons. The number of halogens is 4. The summed E-state index contributed by atoms with van der Waals surface area (Å²) in [6.45, 7) is 4.44. The second-order valence-corrected chi connectivity index (χ2v) is 8.09. The zero-order chi connectivity index (χ0) is 24.2. The van der Waals surface area contributed by atoms with Gasteiger partial charge in [-0.15, -0.1) is 13.2 Å². The van der Waals surface area contributed by atoms with Gasteiger partial charge in [0.15, 0.2) is 0 Å². The number of rotatable bonds is 7. The Bertz CT molecular complexity index is 945. The van der Waals surface area contributed by atoms with Crippen LogP contribution >= 0.6 is 11.6 Å². The minimum Gasteiger partial charge on any atom is -0.405 e. The van der Waals surface area contributed by atoms with Gasteiger partial charge < -0.3 is 20.2 Å². The largest absolute Gasteiger partial charge is 0.573 e. The van der Waals surface area contributed by atoms with Crippen molar-refractivity contribution in [2.45, 2.75) is 32.7 Å². The molecule has 174 valence electrons. The average Bonchev–Trinajstić information content (AvgIpc) is 2.69. The van der Waals surface area contributed by atoms with Crippen molar-refractivity contribution in [1.82, 2.24) is 5.32 Å². The summed E-state index contributed by atoms with van der Waals surface area (Å²) in [6.07, 6.45) is -1.67. The smallest absolute Gasteiger partial charge is 0.405 e. The molecule has 2 rings (SSSR count). The number of nitrogens with one attached hydrogen (secondary N) is 2. The number of carbonyl (C=O) groups is 2. The highest BCUT2D eigenvalue weighted by Crippen LogP contribution is 2.46. The molecule has 11 heteroatoms. The minimum absolute atomic E-state index is 0.443. The number of amides is 2. The normalized spacial score (nSPS) is 21.4. The van der Waals surface area contributed by atoms with Crippen LogP contribution in [0.25, 0.3) is 0 Å². The third kappa shape index (κ3) is 6.03. The molecule has 0 fully saturated rings. The number of nitrogens with zero attached hydrogens (tertiary/aromatic N) is 1. The first kappa shape index (κ1) is 25.3. The fraction of sp³-hybridized carbons (Fsp3) is 0.381. The quantitative estimate of drug-likeness (QED) is 0.455. The molecule has 1 aromatic rings. The van der Waals surface area contributed by atoms with Gasteiger partial charge in [0.2, 0.25) is 11.8 Å². The molecule has 1 aliphatic carbocycles. The van der Waals surface area contributed by atoms with Gasteiger partial charge in [-0.3, -0.25) is 9.59 Å². The summed E-state index contributed by atoms with van der Waals surface area (Å²) >= 11 is 6.27. The highest BCUT2D eigenvalue weighted by atomic mass is 35.5. The van der Waals surface area contributed by atoms with Crippen LogP contribution < -0.4 is 10.6 Å². The average molecular weight is 474 g/mol. The molecule has 2 atom stereocenters. The summed E-state index contributed by atoms with van der Waals surface area (Å²) in [5, 5.41) is 8.31. The number of allylic oxidation sites excluding steroid dienone is 1. The Morgan fingerprint density at radius 1 is 1.22 bits per heavy atom. The van der Waals surface area contributed by atoms with Crippen molar-refractivity contribution in [3.63, 3.8) is 0 Å². The van der Waals surface area contributed by atoms with E-state index in [0.29, 0.717) is 5.69 Å². The number of para-hydroxylation sites is 1. The Hall–Kier alpha value is -3.01. The maximum Gasteiger partial charge on any atom is 0.573 e. The number of carbonyl (C=O) groups excluding carboxylic acids is 2. The van der Waals surface area contributed by atoms with E-state index in [1.54, 1.807) is 44.2 Å². The number of alkyl halides is 3. The first-order valence-corrected chi connectivity index (χ1v) is 9.78. The molecule has 0 spiro atoms. The van der Waals surface area contributed by atoms with Gasteiger partial charge in [-0.05, 0) is 39.0 Å². The van der Waals surface area contributed by atoms with Crippen molar-refractivity contribution in [3.05, 3.63) is 53.3 Å². The topological polar surface area (TPSA) is 89.0 Å². The van der Waals surface area contributed by atoms with Crippen LogP contribution in [-0.4, -0.2) is 37.0 Å².